The first-order valence-electron chi connectivity index (χ1n) is 11.5. The number of thioether (sulfide) groups is 1. The number of benzene rings is 3. The molecule has 1 saturated heterocycles. The summed E-state index contributed by atoms with van der Waals surface area (Å²) in [6, 6.07) is 27.0. The van der Waals surface area contributed by atoms with E-state index in [0.717, 1.165) is 16.0 Å². The summed E-state index contributed by atoms with van der Waals surface area (Å²) in [4.78, 5) is 16.8. The van der Waals surface area contributed by atoms with Gasteiger partial charge < -0.3 is 4.90 Å². The van der Waals surface area contributed by atoms with Crippen molar-refractivity contribution >= 4 is 27.7 Å². The minimum Gasteiger partial charge on any atom is -0.334 e. The summed E-state index contributed by atoms with van der Waals surface area (Å²) in [5.41, 5.74) is 2.17. The maximum atomic E-state index is 13.6. The smallest absolute Gasteiger partial charge is 0.243 e. The number of carbonyl (C=O) groups excluding carboxylic acids is 1. The second-order valence-electron chi connectivity index (χ2n) is 8.52. The molecule has 5 nitrogen and oxygen atoms in total. The van der Waals surface area contributed by atoms with Crippen LogP contribution >= 0.6 is 11.8 Å². The van der Waals surface area contributed by atoms with Crippen LogP contribution in [-0.2, 0) is 27.9 Å². The van der Waals surface area contributed by atoms with Crippen LogP contribution in [0.2, 0.25) is 0 Å². The lowest BCUT2D eigenvalue weighted by atomic mass is 9.96. The van der Waals surface area contributed by atoms with Crippen LogP contribution in [0.1, 0.15) is 24.0 Å². The van der Waals surface area contributed by atoms with Gasteiger partial charge in [-0.25, -0.2) is 8.42 Å². The number of hydrogen-bond acceptors (Lipinski definition) is 4. The summed E-state index contributed by atoms with van der Waals surface area (Å²) in [6.07, 6.45) is 3.02. The quantitative estimate of drug-likeness (QED) is 0.412. The Morgan fingerprint density at radius 1 is 0.853 bits per heavy atom. The maximum Gasteiger partial charge on any atom is 0.243 e. The molecule has 1 amide bonds. The standard InChI is InChI=1S/C27H30N2O3S2/c1-33-25-12-14-26(15-13-25)34(31,32)29-18-16-24(17-19-29)27(30)28(20-22-8-4-2-5-9-22)21-23-10-6-3-7-11-23/h2-15,24H,16-21H2,1H3. The van der Waals surface area contributed by atoms with Gasteiger partial charge in [0.15, 0.2) is 0 Å². The SMILES string of the molecule is CSc1ccc(S(=O)(=O)N2CCC(C(=O)N(Cc3ccccc3)Cc3ccccc3)CC2)cc1. The van der Waals surface area contributed by atoms with Gasteiger partial charge in [-0.3, -0.25) is 4.79 Å². The van der Waals surface area contributed by atoms with E-state index in [0.29, 0.717) is 43.9 Å². The molecule has 1 aliphatic heterocycles. The van der Waals surface area contributed by atoms with E-state index in [4.69, 9.17) is 0 Å². The lowest BCUT2D eigenvalue weighted by Crippen LogP contribution is -2.44. The molecule has 1 aliphatic rings. The van der Waals surface area contributed by atoms with Crippen molar-refractivity contribution in [2.45, 2.75) is 35.7 Å². The van der Waals surface area contributed by atoms with Gasteiger partial charge >= 0.3 is 0 Å². The minimum atomic E-state index is -3.55. The average Bonchev–Trinajstić information content (AvgIpc) is 2.89. The Morgan fingerprint density at radius 2 is 1.35 bits per heavy atom. The minimum absolute atomic E-state index is 0.0917. The lowest BCUT2D eigenvalue weighted by Gasteiger charge is -2.34. The lowest BCUT2D eigenvalue weighted by molar-refractivity contribution is -0.138. The molecule has 0 N–H and O–H groups in total. The zero-order chi connectivity index (χ0) is 24.0. The molecule has 4 rings (SSSR count). The van der Waals surface area contributed by atoms with E-state index in [9.17, 15) is 13.2 Å². The fourth-order valence-corrected chi connectivity index (χ4v) is 6.20. The first-order chi connectivity index (χ1) is 16.5. The second kappa shape index (κ2) is 11.2. The monoisotopic (exact) mass is 494 g/mol. The van der Waals surface area contributed by atoms with Gasteiger partial charge in [0.25, 0.3) is 0 Å². The normalized spacial score (nSPS) is 15.2. The van der Waals surface area contributed by atoms with Crippen LogP contribution in [0, 0.1) is 5.92 Å². The van der Waals surface area contributed by atoms with Crippen molar-refractivity contribution in [1.82, 2.24) is 9.21 Å². The van der Waals surface area contributed by atoms with Gasteiger partial charge in [0.2, 0.25) is 15.9 Å². The molecule has 0 radical (unpaired) electrons. The highest BCUT2D eigenvalue weighted by Crippen LogP contribution is 2.27. The van der Waals surface area contributed by atoms with Crippen LogP contribution in [0.25, 0.3) is 0 Å². The van der Waals surface area contributed by atoms with E-state index in [-0.39, 0.29) is 11.8 Å². The Bertz CT molecular complexity index is 1130. The van der Waals surface area contributed by atoms with Gasteiger partial charge in [-0.1, -0.05) is 60.7 Å². The molecular formula is C27H30N2O3S2. The van der Waals surface area contributed by atoms with Gasteiger partial charge in [0.1, 0.15) is 0 Å². The molecule has 3 aromatic rings. The van der Waals surface area contributed by atoms with Crippen molar-refractivity contribution in [2.24, 2.45) is 5.92 Å². The maximum absolute atomic E-state index is 13.6. The van der Waals surface area contributed by atoms with E-state index in [1.54, 1.807) is 23.9 Å². The van der Waals surface area contributed by atoms with Crippen molar-refractivity contribution in [3.63, 3.8) is 0 Å². The molecule has 0 unspecified atom stereocenters. The summed E-state index contributed by atoms with van der Waals surface area (Å²) < 4.78 is 27.7. The van der Waals surface area contributed by atoms with Crippen LogP contribution in [0.5, 0.6) is 0 Å². The fourth-order valence-electron chi connectivity index (χ4n) is 4.32. The highest BCUT2D eigenvalue weighted by atomic mass is 32.2. The Morgan fingerprint density at radius 3 is 1.82 bits per heavy atom. The summed E-state index contributed by atoms with van der Waals surface area (Å²) in [6.45, 7) is 1.78. The van der Waals surface area contributed by atoms with Crippen molar-refractivity contribution in [3.8, 4) is 0 Å². The third-order valence-electron chi connectivity index (χ3n) is 6.24. The van der Waals surface area contributed by atoms with Crippen LogP contribution in [0.15, 0.2) is 94.7 Å². The second-order valence-corrected chi connectivity index (χ2v) is 11.3. The van der Waals surface area contributed by atoms with Crippen molar-refractivity contribution < 1.29 is 13.2 Å². The molecule has 0 atom stereocenters. The van der Waals surface area contributed by atoms with Gasteiger partial charge in [0.05, 0.1) is 4.90 Å². The number of hydrogen-bond donors (Lipinski definition) is 0. The van der Waals surface area contributed by atoms with Crippen LogP contribution < -0.4 is 0 Å². The Kier molecular flexibility index (Phi) is 8.08. The summed E-state index contributed by atoms with van der Waals surface area (Å²) in [7, 11) is -3.55. The number of sulfonamides is 1. The Labute approximate surface area is 206 Å². The van der Waals surface area contributed by atoms with Gasteiger partial charge in [-0.2, -0.15) is 4.31 Å². The Balaban J connectivity index is 1.44. The van der Waals surface area contributed by atoms with Crippen molar-refractivity contribution in [3.05, 3.63) is 96.1 Å². The molecule has 1 fully saturated rings. The number of piperidine rings is 1. The van der Waals surface area contributed by atoms with E-state index >= 15 is 0 Å². The summed E-state index contributed by atoms with van der Waals surface area (Å²) in [5.74, 6) is -0.0909. The van der Waals surface area contributed by atoms with Crippen molar-refractivity contribution in [1.29, 1.82) is 0 Å². The zero-order valence-corrected chi connectivity index (χ0v) is 21.0. The first kappa shape index (κ1) is 24.5. The molecule has 3 aromatic carbocycles. The summed E-state index contributed by atoms with van der Waals surface area (Å²) in [5, 5.41) is 0. The molecular weight excluding hydrogens is 464 g/mol. The molecule has 0 bridgehead atoms. The van der Waals surface area contributed by atoms with Crippen LogP contribution in [-0.4, -0.2) is 42.9 Å². The van der Waals surface area contributed by atoms with Crippen LogP contribution in [0.3, 0.4) is 0 Å². The number of carbonyl (C=O) groups is 1. The summed E-state index contributed by atoms with van der Waals surface area (Å²) >= 11 is 1.58. The highest BCUT2D eigenvalue weighted by molar-refractivity contribution is 7.98. The van der Waals surface area contributed by atoms with Crippen molar-refractivity contribution in [2.75, 3.05) is 19.3 Å². The average molecular weight is 495 g/mol. The van der Waals surface area contributed by atoms with E-state index < -0.39 is 10.0 Å². The van der Waals surface area contributed by atoms with Gasteiger partial charge in [-0.15, -0.1) is 11.8 Å². The zero-order valence-electron chi connectivity index (χ0n) is 19.3. The molecule has 0 spiro atoms. The third-order valence-corrected chi connectivity index (χ3v) is 8.90. The molecule has 178 valence electrons. The van der Waals surface area contributed by atoms with Gasteiger partial charge in [-0.05, 0) is 54.5 Å². The number of amides is 1. The van der Waals surface area contributed by atoms with Gasteiger partial charge in [0, 0.05) is 37.0 Å². The predicted molar refractivity (Wildman–Crippen MR) is 137 cm³/mol. The molecule has 0 aromatic heterocycles. The third kappa shape index (κ3) is 5.90. The van der Waals surface area contributed by atoms with E-state index in [1.807, 2.05) is 84.0 Å². The topological polar surface area (TPSA) is 57.7 Å². The molecule has 34 heavy (non-hydrogen) atoms. The fraction of sp³-hybridized carbons (Fsp3) is 0.296. The molecule has 1 heterocycles. The largest absolute Gasteiger partial charge is 0.334 e. The molecule has 0 aliphatic carbocycles. The highest BCUT2D eigenvalue weighted by Gasteiger charge is 2.34. The van der Waals surface area contributed by atoms with E-state index in [1.165, 1.54) is 4.31 Å². The van der Waals surface area contributed by atoms with Crippen LogP contribution in [0.4, 0.5) is 0 Å². The predicted octanol–water partition coefficient (Wildman–Crippen LogP) is 5.04. The number of nitrogens with zero attached hydrogens (tertiary/aromatic N) is 2. The van der Waals surface area contributed by atoms with E-state index in [2.05, 4.69) is 0 Å². The number of rotatable bonds is 8. The molecule has 7 heteroatoms. The first-order valence-corrected chi connectivity index (χ1v) is 14.1. The Hall–Kier alpha value is -2.61. The molecule has 0 saturated carbocycles.